The molecule has 0 fully saturated rings. The van der Waals surface area contributed by atoms with Crippen LogP contribution in [0.2, 0.25) is 0 Å². The Morgan fingerprint density at radius 3 is 2.93 bits per heavy atom. The number of benzene rings is 1. The molecule has 2 heterocycles. The summed E-state index contributed by atoms with van der Waals surface area (Å²) in [6.45, 7) is 2.44. The molecule has 140 valence electrons. The number of fused-ring (bicyclic) bond motifs is 2. The summed E-state index contributed by atoms with van der Waals surface area (Å²) in [5.74, 6) is 1.31. The zero-order valence-electron chi connectivity index (χ0n) is 14.9. The van der Waals surface area contributed by atoms with E-state index in [1.165, 1.54) is 27.9 Å². The fraction of sp³-hybridized carbons (Fsp3) is 0.300. The van der Waals surface area contributed by atoms with Gasteiger partial charge >= 0.3 is 0 Å². The lowest BCUT2D eigenvalue weighted by atomic mass is 9.90. The molecule has 27 heavy (non-hydrogen) atoms. The molecule has 0 unspecified atom stereocenters. The minimum absolute atomic E-state index is 0.208. The minimum Gasteiger partial charge on any atom is -0.454 e. The average Bonchev–Trinajstić information content (AvgIpc) is 3.30. The first kappa shape index (κ1) is 17.6. The smallest absolute Gasteiger partial charge is 0.279 e. The van der Waals surface area contributed by atoms with Gasteiger partial charge in [-0.2, -0.15) is 0 Å². The molecule has 2 aliphatic rings. The number of aryl methyl sites for hydroxylation is 1. The zero-order chi connectivity index (χ0) is 18.8. The van der Waals surface area contributed by atoms with Crippen molar-refractivity contribution < 1.29 is 19.1 Å². The van der Waals surface area contributed by atoms with Crippen molar-refractivity contribution in [2.24, 2.45) is 5.92 Å². The van der Waals surface area contributed by atoms with E-state index in [4.69, 9.17) is 9.47 Å². The van der Waals surface area contributed by atoms with Crippen molar-refractivity contribution in [2.45, 2.75) is 26.2 Å². The quantitative estimate of drug-likeness (QED) is 0.630. The maximum Gasteiger partial charge on any atom is 0.279 e. The summed E-state index contributed by atoms with van der Waals surface area (Å²) < 4.78 is 10.6. The van der Waals surface area contributed by atoms with E-state index in [0.29, 0.717) is 22.3 Å². The number of rotatable bonds is 3. The lowest BCUT2D eigenvalue weighted by molar-refractivity contribution is -0.117. The number of hydrogen-bond donors (Lipinski definition) is 2. The second-order valence-electron chi connectivity index (χ2n) is 6.80. The van der Waals surface area contributed by atoms with Crippen LogP contribution in [0.5, 0.6) is 11.5 Å². The van der Waals surface area contributed by atoms with Gasteiger partial charge < -0.3 is 9.47 Å². The summed E-state index contributed by atoms with van der Waals surface area (Å²) in [5.41, 5.74) is 6.96. The van der Waals surface area contributed by atoms with Gasteiger partial charge in [0.1, 0.15) is 0 Å². The molecule has 1 aliphatic heterocycles. The predicted octanol–water partition coefficient (Wildman–Crippen LogP) is 3.08. The second-order valence-corrected chi connectivity index (χ2v) is 7.93. The summed E-state index contributed by atoms with van der Waals surface area (Å²) in [6, 6.07) is 7.36. The normalized spacial score (nSPS) is 17.6. The van der Waals surface area contributed by atoms with Crippen molar-refractivity contribution in [1.29, 1.82) is 0 Å². The maximum absolute atomic E-state index is 12.3. The van der Waals surface area contributed by atoms with Gasteiger partial charge in [-0.15, -0.1) is 11.3 Å². The van der Waals surface area contributed by atoms with E-state index in [0.717, 1.165) is 24.8 Å². The largest absolute Gasteiger partial charge is 0.454 e. The fourth-order valence-electron chi connectivity index (χ4n) is 3.23. The molecule has 6 nitrogen and oxygen atoms in total. The van der Waals surface area contributed by atoms with Crippen molar-refractivity contribution in [3.63, 3.8) is 0 Å². The van der Waals surface area contributed by atoms with Crippen LogP contribution < -0.4 is 20.3 Å². The van der Waals surface area contributed by atoms with Crippen LogP contribution in [0.4, 0.5) is 0 Å². The van der Waals surface area contributed by atoms with Gasteiger partial charge in [0.05, 0.1) is 4.88 Å². The van der Waals surface area contributed by atoms with E-state index in [1.54, 1.807) is 18.2 Å². The topological polar surface area (TPSA) is 76.7 Å². The van der Waals surface area contributed by atoms with Gasteiger partial charge in [-0.3, -0.25) is 20.4 Å². The van der Waals surface area contributed by atoms with Gasteiger partial charge in [-0.1, -0.05) is 13.0 Å². The lowest BCUT2D eigenvalue weighted by Gasteiger charge is -2.16. The molecule has 0 radical (unpaired) electrons. The Labute approximate surface area is 161 Å². The minimum atomic E-state index is -0.407. The van der Waals surface area contributed by atoms with Crippen LogP contribution >= 0.6 is 11.3 Å². The highest BCUT2D eigenvalue weighted by Crippen LogP contribution is 2.33. The Hall–Kier alpha value is -2.80. The average molecular weight is 384 g/mol. The van der Waals surface area contributed by atoms with Crippen LogP contribution in [0.15, 0.2) is 30.3 Å². The molecule has 7 heteroatoms. The molecule has 1 aromatic heterocycles. The Morgan fingerprint density at radius 2 is 2.04 bits per heavy atom. The van der Waals surface area contributed by atoms with Crippen LogP contribution in [0.1, 0.15) is 39.0 Å². The maximum atomic E-state index is 12.3. The van der Waals surface area contributed by atoms with Crippen molar-refractivity contribution in [3.8, 4) is 11.5 Å². The van der Waals surface area contributed by atoms with Gasteiger partial charge in [0.25, 0.3) is 11.8 Å². The van der Waals surface area contributed by atoms with Gasteiger partial charge in [-0.05, 0) is 60.6 Å². The molecule has 1 atom stereocenters. The summed E-state index contributed by atoms with van der Waals surface area (Å²) in [5, 5.41) is 0. The third kappa shape index (κ3) is 3.98. The number of nitrogens with one attached hydrogen (secondary N) is 2. The van der Waals surface area contributed by atoms with E-state index < -0.39 is 5.91 Å². The molecule has 2 N–H and O–H groups in total. The van der Waals surface area contributed by atoms with Crippen LogP contribution in [0, 0.1) is 5.92 Å². The van der Waals surface area contributed by atoms with E-state index in [9.17, 15) is 9.59 Å². The molecule has 2 aromatic rings. The Kier molecular flexibility index (Phi) is 4.85. The zero-order valence-corrected chi connectivity index (χ0v) is 15.7. The van der Waals surface area contributed by atoms with E-state index >= 15 is 0 Å². The van der Waals surface area contributed by atoms with Gasteiger partial charge in [-0.25, -0.2) is 0 Å². The third-order valence-electron chi connectivity index (χ3n) is 4.68. The van der Waals surface area contributed by atoms with Gasteiger partial charge in [0.2, 0.25) is 6.79 Å². The highest BCUT2D eigenvalue weighted by atomic mass is 32.1. The van der Waals surface area contributed by atoms with Crippen molar-refractivity contribution in [1.82, 2.24) is 10.9 Å². The predicted molar refractivity (Wildman–Crippen MR) is 103 cm³/mol. The van der Waals surface area contributed by atoms with Crippen molar-refractivity contribution in [3.05, 3.63) is 51.2 Å². The fourth-order valence-corrected chi connectivity index (χ4v) is 4.33. The summed E-state index contributed by atoms with van der Waals surface area (Å²) in [6.07, 6.45) is 6.21. The first-order valence-corrected chi connectivity index (χ1v) is 9.70. The summed E-state index contributed by atoms with van der Waals surface area (Å²) >= 11 is 1.51. The van der Waals surface area contributed by atoms with Gasteiger partial charge in [0.15, 0.2) is 11.5 Å². The summed E-state index contributed by atoms with van der Waals surface area (Å²) in [7, 11) is 0. The first-order valence-electron chi connectivity index (χ1n) is 8.88. The molecule has 0 spiro atoms. The molecular weight excluding hydrogens is 364 g/mol. The molecule has 0 bridgehead atoms. The highest BCUT2D eigenvalue weighted by molar-refractivity contribution is 7.14. The second kappa shape index (κ2) is 7.44. The van der Waals surface area contributed by atoms with Crippen LogP contribution in [0.3, 0.4) is 0 Å². The number of hydrazine groups is 1. The molecule has 0 saturated heterocycles. The molecule has 1 aliphatic carbocycles. The van der Waals surface area contributed by atoms with Crippen LogP contribution in [0.25, 0.3) is 6.08 Å². The number of ether oxygens (including phenoxy) is 2. The number of carbonyl (C=O) groups excluding carboxylic acids is 2. The first-order chi connectivity index (χ1) is 13.1. The standard InChI is InChI=1S/C20H20N2O4S/c1-12-2-6-17-14(8-12)10-18(27-17)20(24)22-21-19(23)7-4-13-3-5-15-16(9-13)26-11-25-15/h3-5,7,9-10,12H,2,6,8,11H2,1H3,(H,21,23)(H,22,24)/b7-4+/t12-/m0/s1. The van der Waals surface area contributed by atoms with E-state index in [2.05, 4.69) is 17.8 Å². The van der Waals surface area contributed by atoms with E-state index in [1.807, 2.05) is 12.1 Å². The van der Waals surface area contributed by atoms with Crippen molar-refractivity contribution >= 4 is 29.2 Å². The summed E-state index contributed by atoms with van der Waals surface area (Å²) in [4.78, 5) is 26.2. The number of hydrogen-bond acceptors (Lipinski definition) is 5. The third-order valence-corrected chi connectivity index (χ3v) is 5.91. The van der Waals surface area contributed by atoms with Crippen molar-refractivity contribution in [2.75, 3.05) is 6.79 Å². The molecule has 4 rings (SSSR count). The Bertz CT molecular complexity index is 919. The van der Waals surface area contributed by atoms with Crippen LogP contribution in [-0.4, -0.2) is 18.6 Å². The Balaban J connectivity index is 1.32. The molecule has 1 aromatic carbocycles. The number of thiophene rings is 1. The SMILES string of the molecule is C[C@H]1CCc2sc(C(=O)NNC(=O)/C=C/c3ccc4c(c3)OCO4)cc2C1. The Morgan fingerprint density at radius 1 is 1.19 bits per heavy atom. The van der Waals surface area contributed by atoms with Crippen LogP contribution in [-0.2, 0) is 17.6 Å². The van der Waals surface area contributed by atoms with E-state index in [-0.39, 0.29) is 12.7 Å². The highest BCUT2D eigenvalue weighted by Gasteiger charge is 2.20. The monoisotopic (exact) mass is 384 g/mol. The lowest BCUT2D eigenvalue weighted by Crippen LogP contribution is -2.40. The molecular formula is C20H20N2O4S. The molecule has 0 saturated carbocycles. The molecule has 2 amide bonds. The number of carbonyl (C=O) groups is 2. The number of amides is 2. The van der Waals surface area contributed by atoms with Gasteiger partial charge in [0, 0.05) is 11.0 Å².